The minimum atomic E-state index is -4.62. The van der Waals surface area contributed by atoms with Crippen molar-refractivity contribution in [3.05, 3.63) is 41.9 Å². The molecule has 188 valence electrons. The number of hydrogen-bond donors (Lipinski definition) is 0. The number of nitriles is 1. The molecule has 1 aromatic carbocycles. The van der Waals surface area contributed by atoms with Crippen LogP contribution in [-0.4, -0.2) is 73.1 Å². The predicted molar refractivity (Wildman–Crippen MR) is 124 cm³/mol. The van der Waals surface area contributed by atoms with Crippen molar-refractivity contribution in [2.45, 2.75) is 12.6 Å². The molecule has 3 rings (SSSR count). The van der Waals surface area contributed by atoms with Crippen molar-refractivity contribution in [1.29, 1.82) is 5.26 Å². The Bertz CT molecular complexity index is 1170. The van der Waals surface area contributed by atoms with Crippen LogP contribution in [0.25, 0.3) is 22.3 Å². The number of benzene rings is 1. The van der Waals surface area contributed by atoms with E-state index >= 15 is 0 Å². The van der Waals surface area contributed by atoms with Gasteiger partial charge in [0, 0.05) is 46.5 Å². The normalized spacial score (nSPS) is 11.8. The minimum absolute atomic E-state index is 0.0542. The highest BCUT2D eigenvalue weighted by atomic mass is 19.4. The molecule has 0 fully saturated rings. The Morgan fingerprint density at radius 3 is 2.40 bits per heavy atom. The Kier molecular flexibility index (Phi) is 9.03. The molecule has 0 radical (unpaired) electrons. The molecule has 0 saturated carbocycles. The van der Waals surface area contributed by atoms with Crippen molar-refractivity contribution in [2.75, 3.05) is 53.7 Å². The first-order valence-corrected chi connectivity index (χ1v) is 11.0. The molecule has 2 heterocycles. The summed E-state index contributed by atoms with van der Waals surface area (Å²) in [4.78, 5) is 10.5. The highest BCUT2D eigenvalue weighted by Crippen LogP contribution is 2.39. The number of rotatable bonds is 12. The zero-order valence-electron chi connectivity index (χ0n) is 19.9. The van der Waals surface area contributed by atoms with Crippen LogP contribution in [-0.2, 0) is 22.7 Å². The van der Waals surface area contributed by atoms with Gasteiger partial charge in [-0.25, -0.2) is 9.97 Å². The van der Waals surface area contributed by atoms with Crippen molar-refractivity contribution >= 4 is 11.0 Å². The van der Waals surface area contributed by atoms with E-state index in [0.29, 0.717) is 50.3 Å². The molecule has 0 bridgehead atoms. The minimum Gasteiger partial charge on any atom is -0.493 e. The second kappa shape index (κ2) is 12.0. The zero-order chi connectivity index (χ0) is 25.4. The second-order valence-electron chi connectivity index (χ2n) is 7.93. The molecule has 0 spiro atoms. The fourth-order valence-corrected chi connectivity index (χ4v) is 3.64. The number of hydrogen-bond acceptors (Lipinski definition) is 7. The lowest BCUT2D eigenvalue weighted by molar-refractivity contribution is -0.138. The largest absolute Gasteiger partial charge is 0.493 e. The third kappa shape index (κ3) is 6.69. The Morgan fingerprint density at radius 1 is 1.06 bits per heavy atom. The van der Waals surface area contributed by atoms with Crippen molar-refractivity contribution in [2.24, 2.45) is 7.05 Å². The fraction of sp³-hybridized carbons (Fsp3) is 0.458. The van der Waals surface area contributed by atoms with Crippen molar-refractivity contribution in [1.82, 2.24) is 19.4 Å². The highest BCUT2D eigenvalue weighted by Gasteiger charge is 2.35. The molecule has 11 heteroatoms. The van der Waals surface area contributed by atoms with Crippen LogP contribution < -0.4 is 4.74 Å². The lowest BCUT2D eigenvalue weighted by Gasteiger charge is -2.22. The third-order valence-corrected chi connectivity index (χ3v) is 5.50. The van der Waals surface area contributed by atoms with Gasteiger partial charge >= 0.3 is 6.18 Å². The average Bonchev–Trinajstić information content (AvgIpc) is 3.22. The number of methoxy groups -OCH3 is 2. The van der Waals surface area contributed by atoms with Crippen LogP contribution in [0.15, 0.2) is 30.6 Å². The third-order valence-electron chi connectivity index (χ3n) is 5.50. The van der Waals surface area contributed by atoms with Gasteiger partial charge in [0.2, 0.25) is 0 Å². The summed E-state index contributed by atoms with van der Waals surface area (Å²) in [6, 6.07) is 7.40. The van der Waals surface area contributed by atoms with Gasteiger partial charge in [0.1, 0.15) is 17.3 Å². The molecule has 8 nitrogen and oxygen atoms in total. The molecule has 0 saturated heterocycles. The molecule has 0 amide bonds. The lowest BCUT2D eigenvalue weighted by Crippen LogP contribution is -2.32. The van der Waals surface area contributed by atoms with Gasteiger partial charge in [-0.1, -0.05) is 0 Å². The molecule has 0 atom stereocenters. The number of halogens is 3. The smallest absolute Gasteiger partial charge is 0.419 e. The van der Waals surface area contributed by atoms with E-state index in [-0.39, 0.29) is 29.3 Å². The van der Waals surface area contributed by atoms with Crippen LogP contribution in [0.2, 0.25) is 0 Å². The Labute approximate surface area is 201 Å². The molecular weight excluding hydrogens is 463 g/mol. The maximum Gasteiger partial charge on any atom is 0.419 e. The van der Waals surface area contributed by atoms with Crippen LogP contribution in [0.4, 0.5) is 13.2 Å². The van der Waals surface area contributed by atoms with Crippen LogP contribution in [0.5, 0.6) is 5.75 Å². The maximum atomic E-state index is 13.9. The molecule has 0 aliphatic heterocycles. The van der Waals surface area contributed by atoms with E-state index in [1.807, 2.05) is 6.07 Å². The quantitative estimate of drug-likeness (QED) is 0.356. The number of pyridine rings is 1. The van der Waals surface area contributed by atoms with E-state index in [0.717, 1.165) is 6.07 Å². The molecule has 0 aliphatic rings. The van der Waals surface area contributed by atoms with Gasteiger partial charge in [0.25, 0.3) is 0 Å². The van der Waals surface area contributed by atoms with E-state index < -0.39 is 11.7 Å². The van der Waals surface area contributed by atoms with Gasteiger partial charge in [-0.05, 0) is 30.7 Å². The van der Waals surface area contributed by atoms with Gasteiger partial charge in [0.05, 0.1) is 42.9 Å². The number of fused-ring (bicyclic) bond motifs is 1. The molecule has 3 aromatic rings. The number of aromatic nitrogens is 3. The molecule has 2 aromatic heterocycles. The number of alkyl halides is 3. The number of nitrogens with zero attached hydrogens (tertiary/aromatic N) is 5. The molecule has 0 aliphatic carbocycles. The molecule has 35 heavy (non-hydrogen) atoms. The summed E-state index contributed by atoms with van der Waals surface area (Å²) in [6.45, 7) is 3.25. The average molecular weight is 492 g/mol. The van der Waals surface area contributed by atoms with E-state index in [4.69, 9.17) is 14.2 Å². The van der Waals surface area contributed by atoms with Crippen LogP contribution >= 0.6 is 0 Å². The maximum absolute atomic E-state index is 13.9. The SMILES string of the molecule is COCCN(CCCOc1ccc(-c2cc3c(ncn3C)c(C#N)n2)cc1C(F)(F)F)CCOC. The first-order valence-electron chi connectivity index (χ1n) is 11.0. The van der Waals surface area contributed by atoms with Gasteiger partial charge in [-0.3, -0.25) is 4.90 Å². The van der Waals surface area contributed by atoms with E-state index in [2.05, 4.69) is 14.9 Å². The van der Waals surface area contributed by atoms with Gasteiger partial charge < -0.3 is 18.8 Å². The monoisotopic (exact) mass is 491 g/mol. The van der Waals surface area contributed by atoms with Gasteiger partial charge in [-0.2, -0.15) is 18.4 Å². The van der Waals surface area contributed by atoms with Gasteiger partial charge in [0.15, 0.2) is 5.69 Å². The van der Waals surface area contributed by atoms with E-state index in [9.17, 15) is 18.4 Å². The van der Waals surface area contributed by atoms with Crippen LogP contribution in [0.3, 0.4) is 0 Å². The summed E-state index contributed by atoms with van der Waals surface area (Å²) in [5, 5.41) is 9.42. The van der Waals surface area contributed by atoms with E-state index in [1.165, 1.54) is 18.5 Å². The zero-order valence-corrected chi connectivity index (χ0v) is 19.9. The Balaban J connectivity index is 1.78. The molecule has 0 N–H and O–H groups in total. The highest BCUT2D eigenvalue weighted by molar-refractivity contribution is 5.84. The standard InChI is InChI=1S/C24H28F3N5O3/c1-31-16-29-23-20(15-28)30-19(14-21(23)31)17-5-6-22(18(13-17)24(25,26)27)35-10-4-7-32(8-11-33-2)9-12-34-3/h5-6,13-14,16H,4,7-12H2,1-3H3. The Hall–Kier alpha value is -3.20. The molecule has 0 unspecified atom stereocenters. The van der Waals surface area contributed by atoms with Gasteiger partial charge in [-0.15, -0.1) is 0 Å². The summed E-state index contributed by atoms with van der Waals surface area (Å²) in [5.41, 5.74) is 0.650. The molecular formula is C24H28F3N5O3. The fourth-order valence-electron chi connectivity index (χ4n) is 3.64. The lowest BCUT2D eigenvalue weighted by atomic mass is 10.1. The Morgan fingerprint density at radius 2 is 1.77 bits per heavy atom. The summed E-state index contributed by atoms with van der Waals surface area (Å²) in [5.74, 6) is -0.247. The number of ether oxygens (including phenoxy) is 3. The predicted octanol–water partition coefficient (Wildman–Crippen LogP) is 3.89. The first kappa shape index (κ1) is 26.4. The van der Waals surface area contributed by atoms with Crippen LogP contribution in [0, 0.1) is 11.3 Å². The second-order valence-corrected chi connectivity index (χ2v) is 7.93. The first-order chi connectivity index (χ1) is 16.8. The number of imidazole rings is 1. The van der Waals surface area contributed by atoms with Crippen LogP contribution in [0.1, 0.15) is 17.7 Å². The number of aryl methyl sites for hydroxylation is 1. The summed E-state index contributed by atoms with van der Waals surface area (Å²) >= 11 is 0. The van der Waals surface area contributed by atoms with Crippen molar-refractivity contribution in [3.8, 4) is 23.1 Å². The van der Waals surface area contributed by atoms with E-state index in [1.54, 1.807) is 31.9 Å². The van der Waals surface area contributed by atoms with Crippen molar-refractivity contribution in [3.63, 3.8) is 0 Å². The summed E-state index contributed by atoms with van der Waals surface area (Å²) < 4.78 is 59.0. The van der Waals surface area contributed by atoms with Crippen molar-refractivity contribution < 1.29 is 27.4 Å². The topological polar surface area (TPSA) is 85.4 Å². The summed E-state index contributed by atoms with van der Waals surface area (Å²) in [7, 11) is 4.97. The summed E-state index contributed by atoms with van der Waals surface area (Å²) in [6.07, 6.45) is -2.56.